The van der Waals surface area contributed by atoms with E-state index < -0.39 is 23.3 Å². The standard InChI is InChI=1S/C22H32O7/c1-5-9-10-11-12-13-14-26-15-22(16-27-19(23)6-2,17-28-20(24)7-3)18-29-21(25)8-4/h5-8H,1-4,9-18H2. The molecule has 0 aromatic rings. The molecular formula is C22H32O7. The van der Waals surface area contributed by atoms with Crippen molar-refractivity contribution in [2.45, 2.75) is 32.1 Å². The number of esters is 3. The minimum atomic E-state index is -1.07. The van der Waals surface area contributed by atoms with Crippen molar-refractivity contribution in [1.29, 1.82) is 0 Å². The largest absolute Gasteiger partial charge is 0.462 e. The van der Waals surface area contributed by atoms with Crippen LogP contribution in [0.4, 0.5) is 0 Å². The van der Waals surface area contributed by atoms with E-state index in [1.807, 2.05) is 6.08 Å². The van der Waals surface area contributed by atoms with Crippen molar-refractivity contribution in [2.24, 2.45) is 5.41 Å². The van der Waals surface area contributed by atoms with Crippen LogP contribution in [0.3, 0.4) is 0 Å². The number of unbranched alkanes of at least 4 members (excludes halogenated alkanes) is 4. The normalized spacial score (nSPS) is 10.5. The maximum atomic E-state index is 11.5. The Morgan fingerprint density at radius 2 is 1.10 bits per heavy atom. The highest BCUT2D eigenvalue weighted by molar-refractivity contribution is 5.82. The maximum Gasteiger partial charge on any atom is 0.330 e. The SMILES string of the molecule is C=CCCCCCCOCC(COC(=O)C=C)(COC(=O)C=C)COC(=O)C=C. The molecule has 0 spiro atoms. The third-order valence-electron chi connectivity index (χ3n) is 3.92. The number of allylic oxidation sites excluding steroid dienone is 1. The maximum absolute atomic E-state index is 11.5. The third kappa shape index (κ3) is 13.2. The molecule has 162 valence electrons. The Labute approximate surface area is 173 Å². The van der Waals surface area contributed by atoms with Crippen LogP contribution in [0.15, 0.2) is 50.6 Å². The second kappa shape index (κ2) is 16.3. The molecule has 0 aliphatic carbocycles. The van der Waals surface area contributed by atoms with Gasteiger partial charge in [-0.3, -0.25) is 0 Å². The Kier molecular flexibility index (Phi) is 14.8. The van der Waals surface area contributed by atoms with Gasteiger partial charge in [0.2, 0.25) is 0 Å². The van der Waals surface area contributed by atoms with E-state index in [2.05, 4.69) is 26.3 Å². The van der Waals surface area contributed by atoms with Crippen molar-refractivity contribution in [2.75, 3.05) is 33.0 Å². The van der Waals surface area contributed by atoms with Gasteiger partial charge in [0.1, 0.15) is 19.8 Å². The van der Waals surface area contributed by atoms with Gasteiger partial charge in [-0.2, -0.15) is 0 Å². The van der Waals surface area contributed by atoms with Crippen molar-refractivity contribution in [3.63, 3.8) is 0 Å². The summed E-state index contributed by atoms with van der Waals surface area (Å²) in [5.41, 5.74) is -1.07. The van der Waals surface area contributed by atoms with Crippen molar-refractivity contribution in [3.05, 3.63) is 50.6 Å². The molecule has 0 fully saturated rings. The van der Waals surface area contributed by atoms with Crippen molar-refractivity contribution in [1.82, 2.24) is 0 Å². The highest BCUT2D eigenvalue weighted by atomic mass is 16.6. The minimum absolute atomic E-state index is 0.0545. The van der Waals surface area contributed by atoms with Gasteiger partial charge >= 0.3 is 17.9 Å². The summed E-state index contributed by atoms with van der Waals surface area (Å²) >= 11 is 0. The van der Waals surface area contributed by atoms with Crippen LogP contribution in [0.2, 0.25) is 0 Å². The van der Waals surface area contributed by atoms with E-state index in [9.17, 15) is 14.4 Å². The van der Waals surface area contributed by atoms with Crippen LogP contribution >= 0.6 is 0 Å². The first-order valence-corrected chi connectivity index (χ1v) is 9.49. The molecule has 0 saturated carbocycles. The molecule has 0 rings (SSSR count). The summed E-state index contributed by atoms with van der Waals surface area (Å²) in [7, 11) is 0. The summed E-state index contributed by atoms with van der Waals surface area (Å²) < 4.78 is 21.1. The molecule has 0 amide bonds. The molecule has 0 aromatic heterocycles. The molecule has 0 N–H and O–H groups in total. The molecule has 0 heterocycles. The lowest BCUT2D eigenvalue weighted by atomic mass is 9.92. The fourth-order valence-electron chi connectivity index (χ4n) is 2.23. The Bertz CT molecular complexity index is 506. The molecule has 0 radical (unpaired) electrons. The van der Waals surface area contributed by atoms with Crippen molar-refractivity contribution < 1.29 is 33.3 Å². The molecule has 0 bridgehead atoms. The first-order chi connectivity index (χ1) is 13.9. The lowest BCUT2D eigenvalue weighted by Gasteiger charge is -2.31. The number of ether oxygens (including phenoxy) is 4. The van der Waals surface area contributed by atoms with Gasteiger partial charge in [-0.25, -0.2) is 14.4 Å². The van der Waals surface area contributed by atoms with E-state index in [1.165, 1.54) is 0 Å². The molecule has 0 unspecified atom stereocenters. The molecule has 0 aliphatic rings. The average molecular weight is 408 g/mol. The van der Waals surface area contributed by atoms with Crippen molar-refractivity contribution >= 4 is 17.9 Å². The molecule has 0 aromatic carbocycles. The molecule has 0 saturated heterocycles. The first-order valence-electron chi connectivity index (χ1n) is 9.49. The van der Waals surface area contributed by atoms with Gasteiger partial charge < -0.3 is 18.9 Å². The van der Waals surface area contributed by atoms with Crippen LogP contribution in [-0.4, -0.2) is 50.9 Å². The van der Waals surface area contributed by atoms with E-state index in [0.29, 0.717) is 6.61 Å². The average Bonchev–Trinajstić information content (AvgIpc) is 2.75. The van der Waals surface area contributed by atoms with Gasteiger partial charge in [0.05, 0.1) is 12.0 Å². The molecule has 7 heteroatoms. The van der Waals surface area contributed by atoms with Gasteiger partial charge in [-0.15, -0.1) is 6.58 Å². The molecular weight excluding hydrogens is 376 g/mol. The van der Waals surface area contributed by atoms with Gasteiger partial charge in [-0.05, 0) is 19.3 Å². The highest BCUT2D eigenvalue weighted by Gasteiger charge is 2.36. The fraction of sp³-hybridized carbons (Fsp3) is 0.500. The van der Waals surface area contributed by atoms with Crippen LogP contribution in [0.1, 0.15) is 32.1 Å². The molecule has 7 nitrogen and oxygen atoms in total. The summed E-state index contributed by atoms with van der Waals surface area (Å²) in [6.45, 7) is 13.7. The van der Waals surface area contributed by atoms with Crippen molar-refractivity contribution in [3.8, 4) is 0 Å². The zero-order chi connectivity index (χ0) is 22.0. The van der Waals surface area contributed by atoms with Gasteiger partial charge in [0, 0.05) is 24.8 Å². The predicted molar refractivity (Wildman–Crippen MR) is 110 cm³/mol. The van der Waals surface area contributed by atoms with Gasteiger partial charge in [-0.1, -0.05) is 38.7 Å². The third-order valence-corrected chi connectivity index (χ3v) is 3.92. The van der Waals surface area contributed by atoms with Crippen LogP contribution in [-0.2, 0) is 33.3 Å². The molecule has 29 heavy (non-hydrogen) atoms. The van der Waals surface area contributed by atoms with Gasteiger partial charge in [0.15, 0.2) is 0 Å². The second-order valence-electron chi connectivity index (χ2n) is 6.48. The van der Waals surface area contributed by atoms with Crippen LogP contribution in [0.5, 0.6) is 0 Å². The predicted octanol–water partition coefficient (Wildman–Crippen LogP) is 3.31. The lowest BCUT2D eigenvalue weighted by Crippen LogP contribution is -2.43. The van der Waals surface area contributed by atoms with E-state index in [4.69, 9.17) is 18.9 Å². The summed E-state index contributed by atoms with van der Waals surface area (Å²) in [5.74, 6) is -1.95. The summed E-state index contributed by atoms with van der Waals surface area (Å²) in [6, 6.07) is 0. The lowest BCUT2D eigenvalue weighted by molar-refractivity contribution is -0.161. The Morgan fingerprint density at radius 1 is 0.655 bits per heavy atom. The number of rotatable bonds is 18. The van der Waals surface area contributed by atoms with E-state index in [1.54, 1.807) is 0 Å². The van der Waals surface area contributed by atoms with Crippen LogP contribution in [0, 0.1) is 5.41 Å². The number of carbonyl (C=O) groups is 3. The fourth-order valence-corrected chi connectivity index (χ4v) is 2.23. The van der Waals surface area contributed by atoms with Crippen LogP contribution in [0.25, 0.3) is 0 Å². The molecule has 0 atom stereocenters. The number of carbonyl (C=O) groups excluding carboxylic acids is 3. The van der Waals surface area contributed by atoms with E-state index in [-0.39, 0.29) is 26.4 Å². The van der Waals surface area contributed by atoms with Gasteiger partial charge in [0.25, 0.3) is 0 Å². The van der Waals surface area contributed by atoms with E-state index in [0.717, 1.165) is 50.3 Å². The minimum Gasteiger partial charge on any atom is -0.462 e. The Hall–Kier alpha value is -2.67. The highest BCUT2D eigenvalue weighted by Crippen LogP contribution is 2.22. The number of hydrogen-bond donors (Lipinski definition) is 0. The topological polar surface area (TPSA) is 88.1 Å². The number of hydrogen-bond acceptors (Lipinski definition) is 7. The van der Waals surface area contributed by atoms with E-state index >= 15 is 0 Å². The zero-order valence-electron chi connectivity index (χ0n) is 17.1. The Balaban J connectivity index is 4.95. The summed E-state index contributed by atoms with van der Waals surface area (Å²) in [5, 5.41) is 0. The summed E-state index contributed by atoms with van der Waals surface area (Å²) in [6.07, 6.45) is 9.93. The zero-order valence-corrected chi connectivity index (χ0v) is 17.1. The quantitative estimate of drug-likeness (QED) is 0.113. The smallest absolute Gasteiger partial charge is 0.330 e. The monoisotopic (exact) mass is 408 g/mol. The first kappa shape index (κ1) is 26.3. The summed E-state index contributed by atoms with van der Waals surface area (Å²) in [4.78, 5) is 34.5. The van der Waals surface area contributed by atoms with Crippen LogP contribution < -0.4 is 0 Å². The Morgan fingerprint density at radius 3 is 1.52 bits per heavy atom. The second-order valence-corrected chi connectivity index (χ2v) is 6.48. The molecule has 0 aliphatic heterocycles.